The molecule has 0 amide bonds. The maximum absolute atomic E-state index is 5.48. The highest BCUT2D eigenvalue weighted by Crippen LogP contribution is 2.39. The number of aliphatic imine (C=N–C) groups is 4. The first-order valence-corrected chi connectivity index (χ1v) is 11.7. The second-order valence-corrected chi connectivity index (χ2v) is 8.13. The highest BCUT2D eigenvalue weighted by atomic mass is 16.5. The average Bonchev–Trinajstić information content (AvgIpc) is 3.61. The van der Waals surface area contributed by atoms with Crippen LogP contribution < -0.4 is 29.6 Å². The SMILES string of the molecule is COc1cc2c(cc1OC)NC=C1C=CC(=N1)C=Nc1cc(OC)c(OC)cc1NC=C1C=CC(=N1)C=N2. The van der Waals surface area contributed by atoms with Gasteiger partial charge in [-0.05, 0) is 24.3 Å². The van der Waals surface area contributed by atoms with Crippen molar-refractivity contribution in [1.82, 2.24) is 0 Å². The topological polar surface area (TPSA) is 110 Å². The third-order valence-electron chi connectivity index (χ3n) is 5.79. The van der Waals surface area contributed by atoms with Gasteiger partial charge in [0.15, 0.2) is 23.0 Å². The zero-order chi connectivity index (χ0) is 26.5. The molecule has 2 aromatic rings. The molecule has 0 aromatic heterocycles. The van der Waals surface area contributed by atoms with Crippen molar-refractivity contribution in [3.05, 3.63) is 72.4 Å². The van der Waals surface area contributed by atoms with Crippen molar-refractivity contribution >= 4 is 46.6 Å². The van der Waals surface area contributed by atoms with E-state index in [1.165, 1.54) is 0 Å². The van der Waals surface area contributed by atoms with E-state index in [-0.39, 0.29) is 0 Å². The standard InChI is InChI=1S/C28H26N6O4/c1-35-25-9-21-22(10-26(25)36-2)30-14-18-7-8-20(34-18)16-32-24-12-28(38-4)27(37-3)11-23(24)31-15-19-6-5-17(33-19)13-29-21/h5-16,29,32H,1-4H3. The van der Waals surface area contributed by atoms with E-state index < -0.39 is 0 Å². The molecule has 0 radical (unpaired) electrons. The number of nitrogens with one attached hydrogen (secondary N) is 2. The number of anilines is 2. The van der Waals surface area contributed by atoms with Crippen LogP contribution in [0.4, 0.5) is 22.7 Å². The smallest absolute Gasteiger partial charge is 0.163 e. The van der Waals surface area contributed by atoms with E-state index in [1.54, 1.807) is 65.4 Å². The van der Waals surface area contributed by atoms with Crippen molar-refractivity contribution in [1.29, 1.82) is 0 Å². The number of methoxy groups -OCH3 is 4. The second-order valence-electron chi connectivity index (χ2n) is 8.13. The Labute approximate surface area is 220 Å². The van der Waals surface area contributed by atoms with Crippen LogP contribution in [0, 0.1) is 0 Å². The molecule has 5 rings (SSSR count). The van der Waals surface area contributed by atoms with E-state index in [9.17, 15) is 0 Å². The summed E-state index contributed by atoms with van der Waals surface area (Å²) in [6.45, 7) is 0. The molecule has 10 heteroatoms. The van der Waals surface area contributed by atoms with Gasteiger partial charge < -0.3 is 29.6 Å². The van der Waals surface area contributed by atoms with Gasteiger partial charge in [-0.2, -0.15) is 0 Å². The van der Waals surface area contributed by atoms with E-state index in [0.717, 1.165) is 11.4 Å². The number of ether oxygens (including phenoxy) is 4. The van der Waals surface area contributed by atoms with E-state index in [1.807, 2.05) is 36.4 Å². The fraction of sp³-hybridized carbons (Fsp3) is 0.143. The molecule has 2 aromatic carbocycles. The molecule has 4 bridgehead atoms. The van der Waals surface area contributed by atoms with Gasteiger partial charge in [0, 0.05) is 36.7 Å². The van der Waals surface area contributed by atoms with Gasteiger partial charge in [-0.25, -0.2) is 9.98 Å². The minimum absolute atomic E-state index is 0.566. The predicted octanol–water partition coefficient (Wildman–Crippen LogP) is 5.37. The molecule has 3 heterocycles. The van der Waals surface area contributed by atoms with Crippen LogP contribution in [0.1, 0.15) is 0 Å². The van der Waals surface area contributed by atoms with Crippen molar-refractivity contribution in [3.63, 3.8) is 0 Å². The minimum atomic E-state index is 0.566. The molecule has 192 valence electrons. The number of nitrogens with zero attached hydrogens (tertiary/aromatic N) is 4. The largest absolute Gasteiger partial charge is 0.493 e. The molecule has 38 heavy (non-hydrogen) atoms. The van der Waals surface area contributed by atoms with Gasteiger partial charge in [-0.3, -0.25) is 9.98 Å². The zero-order valence-corrected chi connectivity index (χ0v) is 21.4. The third-order valence-corrected chi connectivity index (χ3v) is 5.79. The Kier molecular flexibility index (Phi) is 7.03. The predicted molar refractivity (Wildman–Crippen MR) is 152 cm³/mol. The molecule has 0 fully saturated rings. The van der Waals surface area contributed by atoms with Gasteiger partial charge in [0.25, 0.3) is 0 Å². The molecule has 10 nitrogen and oxygen atoms in total. The highest BCUT2D eigenvalue weighted by Gasteiger charge is 2.14. The maximum atomic E-state index is 5.48. The van der Waals surface area contributed by atoms with Crippen LogP contribution in [0.15, 0.2) is 92.3 Å². The summed E-state index contributed by atoms with van der Waals surface area (Å²) in [6, 6.07) is 7.25. The normalized spacial score (nSPS) is 15.5. The molecule has 0 atom stereocenters. The van der Waals surface area contributed by atoms with Crippen LogP contribution in [0.25, 0.3) is 0 Å². The molecule has 0 unspecified atom stereocenters. The first-order chi connectivity index (χ1) is 18.6. The molecule has 3 aliphatic heterocycles. The number of benzene rings is 2. The fourth-order valence-corrected chi connectivity index (χ4v) is 3.85. The first kappa shape index (κ1) is 24.6. The van der Waals surface area contributed by atoms with Crippen LogP contribution >= 0.6 is 0 Å². The highest BCUT2D eigenvalue weighted by molar-refractivity contribution is 6.38. The fourth-order valence-electron chi connectivity index (χ4n) is 3.85. The van der Waals surface area contributed by atoms with Gasteiger partial charge in [-0.15, -0.1) is 0 Å². The number of rotatable bonds is 4. The number of hydrogen-bond acceptors (Lipinski definition) is 10. The summed E-state index contributed by atoms with van der Waals surface area (Å²) in [5.74, 6) is 2.29. The summed E-state index contributed by atoms with van der Waals surface area (Å²) in [6.07, 6.45) is 14.5. The van der Waals surface area contributed by atoms with Crippen molar-refractivity contribution in [2.24, 2.45) is 20.0 Å². The summed E-state index contributed by atoms with van der Waals surface area (Å²) in [4.78, 5) is 18.6. The van der Waals surface area contributed by atoms with Gasteiger partial charge in [0.2, 0.25) is 0 Å². The van der Waals surface area contributed by atoms with Crippen molar-refractivity contribution in [2.45, 2.75) is 0 Å². The lowest BCUT2D eigenvalue weighted by atomic mass is 10.2. The Balaban J connectivity index is 1.59. The van der Waals surface area contributed by atoms with Crippen LogP contribution in [-0.2, 0) is 0 Å². The summed E-state index contributed by atoms with van der Waals surface area (Å²) < 4.78 is 21.9. The van der Waals surface area contributed by atoms with Crippen LogP contribution in [-0.4, -0.2) is 52.3 Å². The molecule has 2 N–H and O–H groups in total. The van der Waals surface area contributed by atoms with Crippen LogP contribution in [0.2, 0.25) is 0 Å². The Hall–Kier alpha value is -5.12. The zero-order valence-electron chi connectivity index (χ0n) is 21.4. The Morgan fingerprint density at radius 3 is 1.32 bits per heavy atom. The van der Waals surface area contributed by atoms with Crippen molar-refractivity contribution < 1.29 is 18.9 Å². The average molecular weight is 511 g/mol. The molecule has 0 aliphatic carbocycles. The Morgan fingerprint density at radius 1 is 0.526 bits per heavy atom. The lowest BCUT2D eigenvalue weighted by Gasteiger charge is -2.13. The lowest BCUT2D eigenvalue weighted by Crippen LogP contribution is -1.97. The maximum Gasteiger partial charge on any atom is 0.163 e. The molecule has 0 spiro atoms. The summed E-state index contributed by atoms with van der Waals surface area (Å²) in [5, 5.41) is 6.57. The second kappa shape index (κ2) is 10.9. The van der Waals surface area contributed by atoms with Crippen LogP contribution in [0.5, 0.6) is 23.0 Å². The van der Waals surface area contributed by atoms with E-state index in [4.69, 9.17) is 18.9 Å². The monoisotopic (exact) mass is 510 g/mol. The van der Waals surface area contributed by atoms with Crippen molar-refractivity contribution in [2.75, 3.05) is 39.1 Å². The lowest BCUT2D eigenvalue weighted by molar-refractivity contribution is 0.355. The van der Waals surface area contributed by atoms with E-state index in [2.05, 4.69) is 30.6 Å². The molecular weight excluding hydrogens is 484 g/mol. The summed E-state index contributed by atoms with van der Waals surface area (Å²) >= 11 is 0. The molecule has 0 saturated carbocycles. The Morgan fingerprint density at radius 2 is 0.921 bits per heavy atom. The van der Waals surface area contributed by atoms with Crippen molar-refractivity contribution in [3.8, 4) is 23.0 Å². The van der Waals surface area contributed by atoms with Gasteiger partial charge in [-0.1, -0.05) is 0 Å². The molecular formula is C28H26N6O4. The summed E-state index contributed by atoms with van der Waals surface area (Å²) in [5.41, 5.74) is 5.55. The number of fused-ring (bicyclic) bond motifs is 4. The Bertz CT molecular complexity index is 1400. The third kappa shape index (κ3) is 5.19. The van der Waals surface area contributed by atoms with Gasteiger partial charge in [0.05, 0.1) is 86.4 Å². The van der Waals surface area contributed by atoms with Crippen LogP contribution in [0.3, 0.4) is 0 Å². The minimum Gasteiger partial charge on any atom is -0.493 e. The summed E-state index contributed by atoms with van der Waals surface area (Å²) in [7, 11) is 6.35. The number of hydrogen-bond donors (Lipinski definition) is 2. The molecule has 3 aliphatic rings. The first-order valence-electron chi connectivity index (χ1n) is 11.7. The van der Waals surface area contributed by atoms with Gasteiger partial charge >= 0.3 is 0 Å². The molecule has 0 saturated heterocycles. The van der Waals surface area contributed by atoms with E-state index in [0.29, 0.717) is 57.2 Å². The quantitative estimate of drug-likeness (QED) is 0.572. The van der Waals surface area contributed by atoms with Gasteiger partial charge in [0.1, 0.15) is 0 Å². The van der Waals surface area contributed by atoms with E-state index >= 15 is 0 Å². The number of allylic oxidation sites excluding steroid dienone is 4.